The van der Waals surface area contributed by atoms with Crippen molar-refractivity contribution in [3.05, 3.63) is 23.8 Å². The van der Waals surface area contributed by atoms with Crippen molar-refractivity contribution in [1.82, 2.24) is 0 Å². The van der Waals surface area contributed by atoms with E-state index in [-0.39, 0.29) is 12.0 Å². The number of benzene rings is 1. The molecule has 0 aromatic heterocycles. The molecule has 1 heterocycles. The third-order valence-electron chi connectivity index (χ3n) is 3.71. The van der Waals surface area contributed by atoms with Crippen molar-refractivity contribution in [2.45, 2.75) is 37.1 Å². The highest BCUT2D eigenvalue weighted by molar-refractivity contribution is 7.98. The van der Waals surface area contributed by atoms with Gasteiger partial charge in [-0.1, -0.05) is 6.07 Å². The lowest BCUT2D eigenvalue weighted by molar-refractivity contribution is -0.145. The number of nitrogens with zero attached hydrogens (tertiary/aromatic N) is 2. The van der Waals surface area contributed by atoms with Crippen LogP contribution in [0.25, 0.3) is 0 Å². The van der Waals surface area contributed by atoms with Crippen molar-refractivity contribution in [1.29, 1.82) is 5.26 Å². The zero-order valence-corrected chi connectivity index (χ0v) is 13.3. The summed E-state index contributed by atoms with van der Waals surface area (Å²) >= 11 is 1.55. The molecule has 0 radical (unpaired) electrons. The summed E-state index contributed by atoms with van der Waals surface area (Å²) in [5.74, 6) is -0.185. The number of piperidine rings is 1. The Labute approximate surface area is 130 Å². The minimum atomic E-state index is -0.275. The molecule has 0 bridgehead atoms. The molecule has 1 aliphatic rings. The van der Waals surface area contributed by atoms with Crippen LogP contribution in [0.2, 0.25) is 0 Å². The molecule has 1 aromatic rings. The van der Waals surface area contributed by atoms with Crippen LogP contribution >= 0.6 is 11.8 Å². The summed E-state index contributed by atoms with van der Waals surface area (Å²) in [6.07, 6.45) is 4.79. The number of hydrogen-bond acceptors (Lipinski definition) is 5. The number of carbonyl (C=O) groups excluding carboxylic acids is 1. The van der Waals surface area contributed by atoms with E-state index in [4.69, 9.17) is 4.74 Å². The standard InChI is InChI=1S/C16H20N2O2S/c1-3-20-16(19)14-7-4-5-10-18(14)13-8-6-9-15(21-2)12(13)11-17/h6,8-9,14H,3-5,7,10H2,1-2H3. The van der Waals surface area contributed by atoms with E-state index in [1.807, 2.05) is 36.3 Å². The predicted octanol–water partition coefficient (Wildman–Crippen LogP) is 3.20. The molecule has 112 valence electrons. The zero-order valence-electron chi connectivity index (χ0n) is 12.5. The van der Waals surface area contributed by atoms with Gasteiger partial charge in [-0.3, -0.25) is 0 Å². The lowest BCUT2D eigenvalue weighted by Gasteiger charge is -2.36. The molecule has 0 saturated carbocycles. The van der Waals surface area contributed by atoms with E-state index in [2.05, 4.69) is 6.07 Å². The van der Waals surface area contributed by atoms with Crippen molar-refractivity contribution < 1.29 is 9.53 Å². The summed E-state index contributed by atoms with van der Waals surface area (Å²) in [5, 5.41) is 9.48. The van der Waals surface area contributed by atoms with E-state index < -0.39 is 0 Å². The van der Waals surface area contributed by atoms with Crippen LogP contribution < -0.4 is 4.90 Å². The maximum atomic E-state index is 12.2. The Hall–Kier alpha value is -1.67. The summed E-state index contributed by atoms with van der Waals surface area (Å²) in [6.45, 7) is 3.00. The molecule has 0 spiro atoms. The lowest BCUT2D eigenvalue weighted by atomic mass is 10.00. The van der Waals surface area contributed by atoms with Crippen molar-refractivity contribution in [2.24, 2.45) is 0 Å². The van der Waals surface area contributed by atoms with E-state index in [9.17, 15) is 10.1 Å². The van der Waals surface area contributed by atoms with Gasteiger partial charge in [0.25, 0.3) is 0 Å². The average molecular weight is 304 g/mol. The second-order valence-corrected chi connectivity index (χ2v) is 5.77. The summed E-state index contributed by atoms with van der Waals surface area (Å²) in [5.41, 5.74) is 1.50. The fourth-order valence-corrected chi connectivity index (χ4v) is 3.31. The highest BCUT2D eigenvalue weighted by Crippen LogP contribution is 2.33. The third kappa shape index (κ3) is 3.33. The van der Waals surface area contributed by atoms with Gasteiger partial charge < -0.3 is 9.64 Å². The summed E-state index contributed by atoms with van der Waals surface area (Å²) < 4.78 is 5.19. The third-order valence-corrected chi connectivity index (χ3v) is 4.49. The fraction of sp³-hybridized carbons (Fsp3) is 0.500. The van der Waals surface area contributed by atoms with Crippen LogP contribution in [0.4, 0.5) is 5.69 Å². The second kappa shape index (κ2) is 7.37. The van der Waals surface area contributed by atoms with E-state index in [0.717, 1.165) is 36.4 Å². The van der Waals surface area contributed by atoms with Gasteiger partial charge in [0.05, 0.1) is 17.9 Å². The van der Waals surface area contributed by atoms with Crippen LogP contribution in [-0.4, -0.2) is 31.4 Å². The van der Waals surface area contributed by atoms with Crippen LogP contribution in [0.15, 0.2) is 23.1 Å². The molecule has 2 rings (SSSR count). The first-order chi connectivity index (χ1) is 10.2. The van der Waals surface area contributed by atoms with Crippen LogP contribution in [0.1, 0.15) is 31.7 Å². The first-order valence-electron chi connectivity index (χ1n) is 7.23. The van der Waals surface area contributed by atoms with Crippen LogP contribution in [0, 0.1) is 11.3 Å². The molecule has 21 heavy (non-hydrogen) atoms. The fourth-order valence-electron chi connectivity index (χ4n) is 2.74. The minimum Gasteiger partial charge on any atom is -0.464 e. The molecule has 5 heteroatoms. The Morgan fingerprint density at radius 2 is 2.33 bits per heavy atom. The molecule has 1 aliphatic heterocycles. The number of ether oxygens (including phenoxy) is 1. The van der Waals surface area contributed by atoms with E-state index in [1.54, 1.807) is 11.8 Å². The molecular formula is C16H20N2O2S. The maximum Gasteiger partial charge on any atom is 0.328 e. The van der Waals surface area contributed by atoms with Gasteiger partial charge >= 0.3 is 5.97 Å². The largest absolute Gasteiger partial charge is 0.464 e. The highest BCUT2D eigenvalue weighted by atomic mass is 32.2. The Balaban J connectivity index is 2.38. The normalized spacial score (nSPS) is 18.1. The number of carbonyl (C=O) groups is 1. The number of nitriles is 1. The molecule has 4 nitrogen and oxygen atoms in total. The smallest absolute Gasteiger partial charge is 0.328 e. The van der Waals surface area contributed by atoms with Gasteiger partial charge in [0.2, 0.25) is 0 Å². The number of thioether (sulfide) groups is 1. The van der Waals surface area contributed by atoms with Gasteiger partial charge in [-0.25, -0.2) is 4.79 Å². The Kier molecular flexibility index (Phi) is 5.51. The summed E-state index contributed by atoms with van der Waals surface area (Å²) in [7, 11) is 0. The van der Waals surface area contributed by atoms with Gasteiger partial charge in [0, 0.05) is 11.4 Å². The predicted molar refractivity (Wildman–Crippen MR) is 84.6 cm³/mol. The molecule has 1 saturated heterocycles. The summed E-state index contributed by atoms with van der Waals surface area (Å²) in [4.78, 5) is 15.2. The SMILES string of the molecule is CCOC(=O)C1CCCCN1c1cccc(SC)c1C#N. The second-order valence-electron chi connectivity index (χ2n) is 4.92. The molecule has 0 N–H and O–H groups in total. The van der Waals surface area contributed by atoms with Crippen molar-refractivity contribution in [2.75, 3.05) is 24.3 Å². The van der Waals surface area contributed by atoms with Gasteiger partial charge in [-0.15, -0.1) is 11.8 Å². The monoisotopic (exact) mass is 304 g/mol. The molecule has 0 aliphatic carbocycles. The van der Waals surface area contributed by atoms with Gasteiger partial charge in [-0.2, -0.15) is 5.26 Å². The van der Waals surface area contributed by atoms with Crippen LogP contribution in [0.5, 0.6) is 0 Å². The zero-order chi connectivity index (χ0) is 15.2. The molecule has 1 fully saturated rings. The topological polar surface area (TPSA) is 53.3 Å². The molecule has 1 aromatic carbocycles. The van der Waals surface area contributed by atoms with Crippen molar-refractivity contribution >= 4 is 23.4 Å². The minimum absolute atomic E-state index is 0.185. The Morgan fingerprint density at radius 1 is 1.52 bits per heavy atom. The molecular weight excluding hydrogens is 284 g/mol. The Bertz CT molecular complexity index is 554. The van der Waals surface area contributed by atoms with Crippen LogP contribution in [0.3, 0.4) is 0 Å². The highest BCUT2D eigenvalue weighted by Gasteiger charge is 2.31. The number of rotatable bonds is 4. The first-order valence-corrected chi connectivity index (χ1v) is 8.45. The Morgan fingerprint density at radius 3 is 3.00 bits per heavy atom. The quantitative estimate of drug-likeness (QED) is 0.631. The number of hydrogen-bond donors (Lipinski definition) is 0. The number of esters is 1. The number of anilines is 1. The van der Waals surface area contributed by atoms with Gasteiger partial charge in [-0.05, 0) is 44.6 Å². The van der Waals surface area contributed by atoms with Gasteiger partial charge in [0.15, 0.2) is 0 Å². The lowest BCUT2D eigenvalue weighted by Crippen LogP contribution is -2.46. The molecule has 1 atom stereocenters. The van der Waals surface area contributed by atoms with E-state index in [1.165, 1.54) is 0 Å². The van der Waals surface area contributed by atoms with E-state index >= 15 is 0 Å². The van der Waals surface area contributed by atoms with Crippen molar-refractivity contribution in [3.8, 4) is 6.07 Å². The van der Waals surface area contributed by atoms with Crippen molar-refractivity contribution in [3.63, 3.8) is 0 Å². The first kappa shape index (κ1) is 15.7. The van der Waals surface area contributed by atoms with Crippen LogP contribution in [-0.2, 0) is 9.53 Å². The van der Waals surface area contributed by atoms with E-state index in [0.29, 0.717) is 12.2 Å². The maximum absolute atomic E-state index is 12.2. The molecule has 0 amide bonds. The average Bonchev–Trinajstić information content (AvgIpc) is 2.54. The summed E-state index contributed by atoms with van der Waals surface area (Å²) in [6, 6.07) is 7.82. The van der Waals surface area contributed by atoms with Gasteiger partial charge in [0.1, 0.15) is 12.1 Å². The molecule has 1 unspecified atom stereocenters.